The van der Waals surface area contributed by atoms with E-state index in [9.17, 15) is 0 Å². The van der Waals surface area contributed by atoms with Crippen molar-refractivity contribution < 1.29 is 4.52 Å². The predicted molar refractivity (Wildman–Crippen MR) is 54.1 cm³/mol. The molecular formula is C10H16N4O. The van der Waals surface area contributed by atoms with Gasteiger partial charge in [-0.15, -0.1) is 0 Å². The molecule has 2 heterocycles. The van der Waals surface area contributed by atoms with Crippen molar-refractivity contribution in [3.05, 3.63) is 11.7 Å². The first-order valence-electron chi connectivity index (χ1n) is 5.61. The summed E-state index contributed by atoms with van der Waals surface area (Å²) in [5, 5.41) is 4.00. The fourth-order valence-electron chi connectivity index (χ4n) is 2.04. The maximum Gasteiger partial charge on any atom is 0.240 e. The number of hydrogen-bond donors (Lipinski definition) is 1. The lowest BCUT2D eigenvalue weighted by molar-refractivity contribution is 0.265. The highest BCUT2D eigenvalue weighted by Crippen LogP contribution is 2.38. The molecule has 0 aromatic carbocycles. The largest absolute Gasteiger partial charge is 0.338 e. The molecule has 0 bridgehead atoms. The van der Waals surface area contributed by atoms with Gasteiger partial charge in [0, 0.05) is 25.0 Å². The van der Waals surface area contributed by atoms with Crippen LogP contribution >= 0.6 is 0 Å². The number of likely N-dealkylation sites (tertiary alicyclic amines) is 1. The van der Waals surface area contributed by atoms with Gasteiger partial charge in [-0.25, -0.2) is 0 Å². The molecule has 82 valence electrons. The SMILES string of the molecule is N[C@H]1CCN(Cc2nc(C3CC3)no2)C1. The predicted octanol–water partition coefficient (Wildman–Crippen LogP) is 0.480. The van der Waals surface area contributed by atoms with E-state index in [-0.39, 0.29) is 0 Å². The van der Waals surface area contributed by atoms with Crippen LogP contribution in [0.25, 0.3) is 0 Å². The Bertz CT molecular complexity index is 347. The van der Waals surface area contributed by atoms with Crippen molar-refractivity contribution in [2.45, 2.75) is 37.8 Å². The van der Waals surface area contributed by atoms with Crippen molar-refractivity contribution in [1.29, 1.82) is 0 Å². The van der Waals surface area contributed by atoms with E-state index < -0.39 is 0 Å². The number of rotatable bonds is 3. The maximum atomic E-state index is 5.83. The standard InChI is InChI=1S/C10H16N4O/c11-8-3-4-14(5-8)6-9-12-10(13-15-9)7-1-2-7/h7-8H,1-6,11H2/t8-/m0/s1. The molecular weight excluding hydrogens is 192 g/mol. The molecule has 1 aromatic heterocycles. The van der Waals surface area contributed by atoms with Crippen LogP contribution in [0.5, 0.6) is 0 Å². The Morgan fingerprint density at radius 3 is 2.93 bits per heavy atom. The maximum absolute atomic E-state index is 5.83. The van der Waals surface area contributed by atoms with Crippen molar-refractivity contribution in [2.75, 3.05) is 13.1 Å². The second kappa shape index (κ2) is 3.57. The lowest BCUT2D eigenvalue weighted by Crippen LogP contribution is -2.26. The van der Waals surface area contributed by atoms with Crippen molar-refractivity contribution in [3.8, 4) is 0 Å². The summed E-state index contributed by atoms with van der Waals surface area (Å²) in [5.74, 6) is 2.21. The van der Waals surface area contributed by atoms with E-state index in [1.54, 1.807) is 0 Å². The Morgan fingerprint density at radius 2 is 2.27 bits per heavy atom. The lowest BCUT2D eigenvalue weighted by Gasteiger charge is -2.10. The van der Waals surface area contributed by atoms with Gasteiger partial charge in [-0.05, 0) is 19.3 Å². The van der Waals surface area contributed by atoms with Gasteiger partial charge >= 0.3 is 0 Å². The molecule has 2 aliphatic rings. The Balaban J connectivity index is 1.61. The molecule has 2 N–H and O–H groups in total. The fourth-order valence-corrected chi connectivity index (χ4v) is 2.04. The third-order valence-electron chi connectivity index (χ3n) is 3.09. The summed E-state index contributed by atoms with van der Waals surface area (Å²) in [6.07, 6.45) is 3.50. The summed E-state index contributed by atoms with van der Waals surface area (Å²) in [7, 11) is 0. The molecule has 3 rings (SSSR count). The highest BCUT2D eigenvalue weighted by Gasteiger charge is 2.29. The van der Waals surface area contributed by atoms with Crippen molar-refractivity contribution >= 4 is 0 Å². The monoisotopic (exact) mass is 208 g/mol. The summed E-state index contributed by atoms with van der Waals surface area (Å²) < 4.78 is 5.22. The van der Waals surface area contributed by atoms with Crippen LogP contribution in [0.1, 0.15) is 36.9 Å². The Hall–Kier alpha value is -0.940. The highest BCUT2D eigenvalue weighted by molar-refractivity contribution is 5.03. The Kier molecular flexibility index (Phi) is 2.21. The van der Waals surface area contributed by atoms with Crippen LogP contribution in [0.4, 0.5) is 0 Å². The van der Waals surface area contributed by atoms with Crippen molar-refractivity contribution in [3.63, 3.8) is 0 Å². The molecule has 15 heavy (non-hydrogen) atoms. The minimum Gasteiger partial charge on any atom is -0.338 e. The third kappa shape index (κ3) is 2.03. The third-order valence-corrected chi connectivity index (χ3v) is 3.09. The summed E-state index contributed by atoms with van der Waals surface area (Å²) in [4.78, 5) is 6.67. The molecule has 1 aliphatic heterocycles. The van der Waals surface area contributed by atoms with Crippen LogP contribution < -0.4 is 5.73 Å². The van der Waals surface area contributed by atoms with E-state index in [4.69, 9.17) is 10.3 Å². The second-order valence-electron chi connectivity index (χ2n) is 4.60. The normalized spacial score (nSPS) is 27.4. The average molecular weight is 208 g/mol. The molecule has 0 spiro atoms. The lowest BCUT2D eigenvalue weighted by atomic mass is 10.3. The van der Waals surface area contributed by atoms with Gasteiger partial charge in [-0.2, -0.15) is 4.98 Å². The van der Waals surface area contributed by atoms with Gasteiger partial charge in [0.25, 0.3) is 0 Å². The zero-order valence-corrected chi connectivity index (χ0v) is 8.72. The van der Waals surface area contributed by atoms with Gasteiger partial charge < -0.3 is 10.3 Å². The van der Waals surface area contributed by atoms with Gasteiger partial charge in [0.05, 0.1) is 6.54 Å². The minimum atomic E-state index is 0.316. The molecule has 1 saturated carbocycles. The first-order chi connectivity index (χ1) is 7.31. The van der Waals surface area contributed by atoms with Gasteiger partial charge in [0.15, 0.2) is 5.82 Å². The topological polar surface area (TPSA) is 68.2 Å². The van der Waals surface area contributed by atoms with E-state index in [2.05, 4.69) is 15.0 Å². The quantitative estimate of drug-likeness (QED) is 0.782. The molecule has 0 radical (unpaired) electrons. The van der Waals surface area contributed by atoms with Crippen LogP contribution in [0.15, 0.2) is 4.52 Å². The molecule has 5 nitrogen and oxygen atoms in total. The zero-order chi connectivity index (χ0) is 10.3. The highest BCUT2D eigenvalue weighted by atomic mass is 16.5. The van der Waals surface area contributed by atoms with Crippen LogP contribution in [0, 0.1) is 0 Å². The fraction of sp³-hybridized carbons (Fsp3) is 0.800. The van der Waals surface area contributed by atoms with E-state index in [1.807, 2.05) is 0 Å². The van der Waals surface area contributed by atoms with Crippen LogP contribution in [0.2, 0.25) is 0 Å². The molecule has 2 fully saturated rings. The van der Waals surface area contributed by atoms with Gasteiger partial charge in [-0.1, -0.05) is 5.16 Å². The van der Waals surface area contributed by atoms with Crippen molar-refractivity contribution in [2.24, 2.45) is 5.73 Å². The second-order valence-corrected chi connectivity index (χ2v) is 4.60. The van der Waals surface area contributed by atoms with E-state index in [0.717, 1.165) is 37.8 Å². The summed E-state index contributed by atoms with van der Waals surface area (Å²) in [5.41, 5.74) is 5.83. The first-order valence-corrected chi connectivity index (χ1v) is 5.61. The molecule has 1 saturated heterocycles. The minimum absolute atomic E-state index is 0.316. The molecule has 0 unspecified atom stereocenters. The number of aromatic nitrogens is 2. The smallest absolute Gasteiger partial charge is 0.240 e. The van der Waals surface area contributed by atoms with E-state index >= 15 is 0 Å². The van der Waals surface area contributed by atoms with Crippen molar-refractivity contribution in [1.82, 2.24) is 15.0 Å². The first kappa shape index (κ1) is 9.30. The van der Waals surface area contributed by atoms with Crippen LogP contribution in [-0.4, -0.2) is 34.2 Å². The van der Waals surface area contributed by atoms with E-state index in [0.29, 0.717) is 12.0 Å². The Morgan fingerprint density at radius 1 is 1.40 bits per heavy atom. The van der Waals surface area contributed by atoms with E-state index in [1.165, 1.54) is 12.8 Å². The average Bonchev–Trinajstić information content (AvgIpc) is 2.84. The molecule has 5 heteroatoms. The van der Waals surface area contributed by atoms with Gasteiger partial charge in [-0.3, -0.25) is 4.90 Å². The molecule has 0 amide bonds. The van der Waals surface area contributed by atoms with Crippen LogP contribution in [-0.2, 0) is 6.54 Å². The number of nitrogens with zero attached hydrogens (tertiary/aromatic N) is 3. The van der Waals surface area contributed by atoms with Crippen LogP contribution in [0.3, 0.4) is 0 Å². The molecule has 1 atom stereocenters. The van der Waals surface area contributed by atoms with Gasteiger partial charge in [0.2, 0.25) is 5.89 Å². The Labute approximate surface area is 88.6 Å². The van der Waals surface area contributed by atoms with Gasteiger partial charge in [0.1, 0.15) is 0 Å². The molecule has 1 aliphatic carbocycles. The zero-order valence-electron chi connectivity index (χ0n) is 8.72. The molecule has 1 aromatic rings. The number of nitrogens with two attached hydrogens (primary N) is 1. The number of hydrogen-bond acceptors (Lipinski definition) is 5. The summed E-state index contributed by atoms with van der Waals surface area (Å²) >= 11 is 0. The summed E-state index contributed by atoms with van der Waals surface area (Å²) in [6.45, 7) is 2.75. The summed E-state index contributed by atoms with van der Waals surface area (Å²) in [6, 6.07) is 0.316.